The summed E-state index contributed by atoms with van der Waals surface area (Å²) in [6.07, 6.45) is -1.36. The highest BCUT2D eigenvalue weighted by Gasteiger charge is 2.39. The Morgan fingerprint density at radius 1 is 0.700 bits per heavy atom. The van der Waals surface area contributed by atoms with Gasteiger partial charge in [-0.3, -0.25) is 9.62 Å². The Hall–Kier alpha value is -2.95. The third-order valence-corrected chi connectivity index (χ3v) is 10.0. The number of benzene rings is 3. The lowest BCUT2D eigenvalue weighted by molar-refractivity contribution is -0.276. The minimum atomic E-state index is -3.79. The monoisotopic (exact) mass is 714 g/mol. The molecule has 2 fully saturated rings. The van der Waals surface area contributed by atoms with Crippen molar-refractivity contribution < 1.29 is 46.7 Å². The Kier molecular flexibility index (Phi) is 15.5. The van der Waals surface area contributed by atoms with E-state index in [9.17, 15) is 13.5 Å². The average Bonchev–Trinajstić information content (AvgIpc) is 3.13. The summed E-state index contributed by atoms with van der Waals surface area (Å²) in [5.74, 6) is -0.0510. The van der Waals surface area contributed by atoms with E-state index in [1.165, 1.54) is 0 Å². The molecule has 2 saturated heterocycles. The molecule has 0 spiro atoms. The first kappa shape index (κ1) is 38.3. The van der Waals surface area contributed by atoms with Crippen molar-refractivity contribution in [3.05, 3.63) is 95.6 Å². The fourth-order valence-electron chi connectivity index (χ4n) is 5.81. The smallest absolute Gasteiger partial charge is 0.261 e. The van der Waals surface area contributed by atoms with E-state index >= 15 is 0 Å². The molecule has 3 aromatic carbocycles. The van der Waals surface area contributed by atoms with Gasteiger partial charge in [-0.25, -0.2) is 8.42 Å². The number of anilines is 1. The Morgan fingerprint density at radius 3 is 1.86 bits per heavy atom. The van der Waals surface area contributed by atoms with E-state index in [0.717, 1.165) is 11.1 Å². The van der Waals surface area contributed by atoms with Crippen molar-refractivity contribution in [3.63, 3.8) is 0 Å². The zero-order valence-corrected chi connectivity index (χ0v) is 29.5. The first-order valence-corrected chi connectivity index (χ1v) is 18.7. The zero-order valence-electron chi connectivity index (χ0n) is 28.7. The second-order valence-corrected chi connectivity index (χ2v) is 13.9. The van der Waals surface area contributed by atoms with Crippen molar-refractivity contribution in [3.8, 4) is 0 Å². The van der Waals surface area contributed by atoms with Crippen molar-refractivity contribution in [1.29, 1.82) is 0 Å². The van der Waals surface area contributed by atoms with Gasteiger partial charge in [0, 0.05) is 36.8 Å². The first-order valence-electron chi connectivity index (χ1n) is 17.2. The predicted molar refractivity (Wildman–Crippen MR) is 187 cm³/mol. The quantitative estimate of drug-likeness (QED) is 0.348. The molecule has 0 bridgehead atoms. The highest BCUT2D eigenvalue weighted by atomic mass is 32.2. The Bertz CT molecular complexity index is 1490. The van der Waals surface area contributed by atoms with Crippen LogP contribution in [-0.2, 0) is 49.8 Å². The number of sulfonamides is 1. The molecular weight excluding hydrogens is 664 g/mol. The average molecular weight is 715 g/mol. The van der Waals surface area contributed by atoms with Crippen LogP contribution in [-0.4, -0.2) is 110 Å². The number of nitrogens with one attached hydrogen (secondary N) is 1. The molecule has 50 heavy (non-hydrogen) atoms. The van der Waals surface area contributed by atoms with E-state index in [1.54, 1.807) is 48.5 Å². The summed E-state index contributed by atoms with van der Waals surface area (Å²) in [5, 5.41) is 9.63. The van der Waals surface area contributed by atoms with Gasteiger partial charge in [-0.15, -0.1) is 0 Å². The Labute approximate surface area is 295 Å². The van der Waals surface area contributed by atoms with E-state index in [0.29, 0.717) is 97.0 Å². The van der Waals surface area contributed by atoms with Gasteiger partial charge in [0.1, 0.15) is 0 Å². The van der Waals surface area contributed by atoms with Gasteiger partial charge >= 0.3 is 0 Å². The maximum atomic E-state index is 13.1. The molecule has 3 aromatic rings. The minimum Gasteiger partial charge on any atom is -0.392 e. The summed E-state index contributed by atoms with van der Waals surface area (Å²) in [6, 6.07) is 23.1. The summed E-state index contributed by atoms with van der Waals surface area (Å²) in [7, 11) is -3.79. The summed E-state index contributed by atoms with van der Waals surface area (Å²) < 4.78 is 70.8. The van der Waals surface area contributed by atoms with Crippen molar-refractivity contribution in [2.75, 3.05) is 90.4 Å². The molecule has 2 N–H and O–H groups in total. The van der Waals surface area contributed by atoms with Crippen molar-refractivity contribution in [2.24, 2.45) is 5.92 Å². The number of rotatable bonds is 8. The van der Waals surface area contributed by atoms with Gasteiger partial charge in [0.05, 0.1) is 89.8 Å². The first-order chi connectivity index (χ1) is 24.4. The standard InChI is InChI=1S/C37H50N2O10S/c1-29-35(27-39-14-16-43-18-20-45-22-24-47-25-23-46-21-19-44-17-15-39)48-37(49-36(29)31-12-10-30(28-40)11-13-31)32-6-5-7-33(26-32)38-50(41,42)34-8-3-2-4-9-34/h2-13,26,29,35-38,40H,14-25,27-28H2,1H3/t29-,35+,36+,37?/m0/s1. The third-order valence-electron chi connectivity index (χ3n) is 8.62. The molecule has 13 heteroatoms. The molecular formula is C37H50N2O10S. The van der Waals surface area contributed by atoms with E-state index in [-0.39, 0.29) is 29.6 Å². The second kappa shape index (κ2) is 20.2. The van der Waals surface area contributed by atoms with Crippen LogP contribution in [0.3, 0.4) is 0 Å². The Morgan fingerprint density at radius 2 is 1.28 bits per heavy atom. The molecule has 0 amide bonds. The van der Waals surface area contributed by atoms with Crippen LogP contribution in [0.15, 0.2) is 83.8 Å². The number of hydrogen-bond acceptors (Lipinski definition) is 11. The summed E-state index contributed by atoms with van der Waals surface area (Å²) >= 11 is 0. The molecule has 0 radical (unpaired) electrons. The Balaban J connectivity index is 1.33. The van der Waals surface area contributed by atoms with Gasteiger partial charge in [0.2, 0.25) is 0 Å². The number of ether oxygens (including phenoxy) is 7. The van der Waals surface area contributed by atoms with E-state index < -0.39 is 16.3 Å². The van der Waals surface area contributed by atoms with Gasteiger partial charge in [-0.1, -0.05) is 61.5 Å². The van der Waals surface area contributed by atoms with Crippen LogP contribution >= 0.6 is 0 Å². The van der Waals surface area contributed by atoms with E-state index in [1.807, 2.05) is 30.3 Å². The van der Waals surface area contributed by atoms with Gasteiger partial charge in [-0.2, -0.15) is 0 Å². The van der Waals surface area contributed by atoms with Crippen molar-refractivity contribution in [1.82, 2.24) is 4.90 Å². The highest BCUT2D eigenvalue weighted by Crippen LogP contribution is 2.42. The van der Waals surface area contributed by atoms with Crippen LogP contribution in [0.25, 0.3) is 0 Å². The molecule has 2 heterocycles. The lowest BCUT2D eigenvalue weighted by atomic mass is 9.90. The molecule has 0 aromatic heterocycles. The molecule has 5 rings (SSSR count). The minimum absolute atomic E-state index is 0.0484. The van der Waals surface area contributed by atoms with Gasteiger partial charge < -0.3 is 38.3 Å². The van der Waals surface area contributed by atoms with E-state index in [4.69, 9.17) is 33.2 Å². The predicted octanol–water partition coefficient (Wildman–Crippen LogP) is 4.17. The van der Waals surface area contributed by atoms with Crippen LogP contribution in [0.4, 0.5) is 5.69 Å². The maximum Gasteiger partial charge on any atom is 0.261 e. The normalized spacial score (nSPS) is 24.5. The summed E-state index contributed by atoms with van der Waals surface area (Å²) in [4.78, 5) is 2.45. The zero-order chi connectivity index (χ0) is 35.0. The van der Waals surface area contributed by atoms with Gasteiger partial charge in [0.15, 0.2) is 6.29 Å². The van der Waals surface area contributed by atoms with E-state index in [2.05, 4.69) is 16.5 Å². The fraction of sp³-hybridized carbons (Fsp3) is 0.514. The SMILES string of the molecule is C[C@H]1[C@@H](CN2CCOCCOCCOCCOCCOCC2)OC(c2cccc(NS(=O)(=O)c3ccccc3)c2)O[C@H]1c1ccc(CO)cc1. The molecule has 4 atom stereocenters. The van der Waals surface area contributed by atoms with Gasteiger partial charge in [-0.05, 0) is 35.4 Å². The fourth-order valence-corrected chi connectivity index (χ4v) is 6.88. The number of hydrogen-bond donors (Lipinski definition) is 2. The lowest BCUT2D eigenvalue weighted by Crippen LogP contribution is -2.46. The highest BCUT2D eigenvalue weighted by molar-refractivity contribution is 7.92. The topological polar surface area (TPSA) is 134 Å². The summed E-state index contributed by atoms with van der Waals surface area (Å²) in [6.45, 7) is 8.97. The van der Waals surface area contributed by atoms with Crippen LogP contribution in [0.2, 0.25) is 0 Å². The van der Waals surface area contributed by atoms with Gasteiger partial charge in [0.25, 0.3) is 10.0 Å². The number of aliphatic hydroxyl groups excluding tert-OH is 1. The molecule has 2 aliphatic rings. The number of nitrogens with zero attached hydrogens (tertiary/aromatic N) is 1. The molecule has 1 unspecified atom stereocenters. The maximum absolute atomic E-state index is 13.1. The molecule has 0 saturated carbocycles. The molecule has 0 aliphatic carbocycles. The third kappa shape index (κ3) is 11.8. The van der Waals surface area contributed by atoms with Crippen LogP contribution < -0.4 is 4.72 Å². The van der Waals surface area contributed by atoms with Crippen molar-refractivity contribution >= 4 is 15.7 Å². The lowest BCUT2D eigenvalue weighted by Gasteiger charge is -2.43. The number of aliphatic hydroxyl groups is 1. The second-order valence-electron chi connectivity index (χ2n) is 12.2. The van der Waals surface area contributed by atoms with Crippen LogP contribution in [0, 0.1) is 5.92 Å². The van der Waals surface area contributed by atoms with Crippen molar-refractivity contribution in [2.45, 2.75) is 36.9 Å². The largest absolute Gasteiger partial charge is 0.392 e. The molecule has 274 valence electrons. The molecule has 12 nitrogen and oxygen atoms in total. The van der Waals surface area contributed by atoms with Crippen LogP contribution in [0.1, 0.15) is 36.0 Å². The summed E-state index contributed by atoms with van der Waals surface area (Å²) in [5.41, 5.74) is 2.86. The molecule has 2 aliphatic heterocycles. The van der Waals surface area contributed by atoms with Crippen LogP contribution in [0.5, 0.6) is 0 Å².